The molecule has 0 bridgehead atoms. The lowest BCUT2D eigenvalue weighted by Crippen LogP contribution is -1.91. The summed E-state index contributed by atoms with van der Waals surface area (Å²) in [4.78, 5) is 8.36. The van der Waals surface area contributed by atoms with Crippen molar-refractivity contribution in [3.63, 3.8) is 0 Å². The molecule has 2 N–H and O–H groups in total. The Kier molecular flexibility index (Phi) is 1.54. The second kappa shape index (κ2) is 2.45. The Balaban J connectivity index is 2.87. The Morgan fingerprint density at radius 2 is 2.33 bits per heavy atom. The molecule has 0 fully saturated rings. The summed E-state index contributed by atoms with van der Waals surface area (Å²) in [5, 5.41) is 0. The lowest BCUT2D eigenvalue weighted by Gasteiger charge is -1.94. The number of nitrogen functional groups attached to an aromatic ring is 1. The van der Waals surface area contributed by atoms with Crippen LogP contribution in [0.5, 0.6) is 0 Å². The van der Waals surface area contributed by atoms with E-state index >= 15 is 0 Å². The lowest BCUT2D eigenvalue weighted by molar-refractivity contribution is 0.898. The summed E-state index contributed by atoms with van der Waals surface area (Å²) in [6, 6.07) is 1.80. The van der Waals surface area contributed by atoms with Gasteiger partial charge in [-0.1, -0.05) is 0 Å². The maximum atomic E-state index is 5.56. The van der Waals surface area contributed by atoms with E-state index in [0.29, 0.717) is 5.69 Å². The smallest absolute Gasteiger partial charge is 0.179 e. The number of halogens is 1. The Labute approximate surface area is 77.5 Å². The van der Waals surface area contributed by atoms with E-state index in [9.17, 15) is 0 Å². The third-order valence-corrected chi connectivity index (χ3v) is 2.38. The SMILES string of the molecule is Cn1c(Br)nc2cc(N)cnc21. The highest BCUT2D eigenvalue weighted by molar-refractivity contribution is 9.10. The van der Waals surface area contributed by atoms with Gasteiger partial charge in [-0.2, -0.15) is 0 Å². The van der Waals surface area contributed by atoms with Gasteiger partial charge in [0.25, 0.3) is 0 Å². The number of rotatable bonds is 0. The average Bonchev–Trinajstić information content (AvgIpc) is 2.28. The van der Waals surface area contributed by atoms with Gasteiger partial charge in [-0.15, -0.1) is 0 Å². The zero-order chi connectivity index (χ0) is 8.72. The quantitative estimate of drug-likeness (QED) is 0.738. The standard InChI is InChI=1S/C7H7BrN4/c1-12-6-5(11-7(12)8)2-4(9)3-10-6/h2-3H,9H2,1H3. The number of anilines is 1. The molecule has 2 aromatic rings. The van der Waals surface area contributed by atoms with Gasteiger partial charge in [0.15, 0.2) is 10.4 Å². The van der Waals surface area contributed by atoms with Gasteiger partial charge in [0.05, 0.1) is 11.9 Å². The van der Waals surface area contributed by atoms with E-state index in [1.54, 1.807) is 12.3 Å². The predicted octanol–water partition coefficient (Wildman–Crippen LogP) is 1.31. The molecule has 2 heterocycles. The summed E-state index contributed by atoms with van der Waals surface area (Å²) >= 11 is 3.30. The number of nitrogens with two attached hydrogens (primary N) is 1. The molecular weight excluding hydrogens is 220 g/mol. The van der Waals surface area contributed by atoms with E-state index in [-0.39, 0.29) is 0 Å². The van der Waals surface area contributed by atoms with Crippen LogP contribution in [0.2, 0.25) is 0 Å². The van der Waals surface area contributed by atoms with Crippen molar-refractivity contribution in [2.75, 3.05) is 5.73 Å². The van der Waals surface area contributed by atoms with Crippen LogP contribution in [-0.2, 0) is 7.05 Å². The first kappa shape index (κ1) is 7.54. The molecule has 0 saturated heterocycles. The number of nitrogens with zero attached hydrogens (tertiary/aromatic N) is 3. The van der Waals surface area contributed by atoms with Gasteiger partial charge in [0.1, 0.15) is 5.52 Å². The Hall–Kier alpha value is -1.10. The second-order valence-electron chi connectivity index (χ2n) is 2.55. The van der Waals surface area contributed by atoms with E-state index in [0.717, 1.165) is 15.9 Å². The molecule has 0 saturated carbocycles. The number of pyridine rings is 1. The number of hydrogen-bond acceptors (Lipinski definition) is 3. The molecule has 5 heteroatoms. The van der Waals surface area contributed by atoms with E-state index < -0.39 is 0 Å². The first-order valence-corrected chi connectivity index (χ1v) is 4.21. The molecule has 0 aliphatic carbocycles. The zero-order valence-corrected chi connectivity index (χ0v) is 8.04. The minimum atomic E-state index is 0.633. The van der Waals surface area contributed by atoms with Crippen LogP contribution in [0, 0.1) is 0 Å². The maximum absolute atomic E-state index is 5.56. The average molecular weight is 227 g/mol. The van der Waals surface area contributed by atoms with Gasteiger partial charge in [0.2, 0.25) is 0 Å². The highest BCUT2D eigenvalue weighted by atomic mass is 79.9. The van der Waals surface area contributed by atoms with Gasteiger partial charge in [-0.25, -0.2) is 9.97 Å². The van der Waals surface area contributed by atoms with Crippen LogP contribution in [-0.4, -0.2) is 14.5 Å². The van der Waals surface area contributed by atoms with Gasteiger partial charge in [-0.3, -0.25) is 0 Å². The van der Waals surface area contributed by atoms with Crippen molar-refractivity contribution >= 4 is 32.8 Å². The van der Waals surface area contributed by atoms with Crippen molar-refractivity contribution in [2.24, 2.45) is 7.05 Å². The van der Waals surface area contributed by atoms with Crippen molar-refractivity contribution in [1.29, 1.82) is 0 Å². The first-order valence-electron chi connectivity index (χ1n) is 3.42. The van der Waals surface area contributed by atoms with E-state index in [2.05, 4.69) is 25.9 Å². The van der Waals surface area contributed by atoms with E-state index in [4.69, 9.17) is 5.73 Å². The second-order valence-corrected chi connectivity index (χ2v) is 3.26. The van der Waals surface area contributed by atoms with Crippen LogP contribution in [0.15, 0.2) is 17.0 Å². The van der Waals surface area contributed by atoms with Crippen LogP contribution in [0.25, 0.3) is 11.2 Å². The fourth-order valence-electron chi connectivity index (χ4n) is 1.06. The molecule has 0 aliphatic rings. The van der Waals surface area contributed by atoms with Gasteiger partial charge < -0.3 is 10.3 Å². The molecular formula is C7H7BrN4. The highest BCUT2D eigenvalue weighted by Gasteiger charge is 2.05. The molecule has 12 heavy (non-hydrogen) atoms. The minimum absolute atomic E-state index is 0.633. The molecule has 2 aromatic heterocycles. The van der Waals surface area contributed by atoms with Crippen molar-refractivity contribution in [3.8, 4) is 0 Å². The number of hydrogen-bond donors (Lipinski definition) is 1. The summed E-state index contributed by atoms with van der Waals surface area (Å²) in [6.07, 6.45) is 1.62. The van der Waals surface area contributed by atoms with Crippen LogP contribution in [0.4, 0.5) is 5.69 Å². The highest BCUT2D eigenvalue weighted by Crippen LogP contribution is 2.17. The van der Waals surface area contributed by atoms with Crippen molar-refractivity contribution < 1.29 is 0 Å². The van der Waals surface area contributed by atoms with Crippen molar-refractivity contribution in [1.82, 2.24) is 14.5 Å². The fraction of sp³-hybridized carbons (Fsp3) is 0.143. The summed E-state index contributed by atoms with van der Waals surface area (Å²) in [7, 11) is 1.89. The summed E-state index contributed by atoms with van der Waals surface area (Å²) in [6.45, 7) is 0. The van der Waals surface area contributed by atoms with E-state index in [1.165, 1.54) is 0 Å². The molecule has 62 valence electrons. The Morgan fingerprint density at radius 1 is 1.58 bits per heavy atom. The van der Waals surface area contributed by atoms with Crippen LogP contribution in [0.3, 0.4) is 0 Å². The third kappa shape index (κ3) is 0.972. The Bertz CT molecular complexity index is 434. The zero-order valence-electron chi connectivity index (χ0n) is 6.45. The van der Waals surface area contributed by atoms with Crippen molar-refractivity contribution in [2.45, 2.75) is 0 Å². The van der Waals surface area contributed by atoms with Gasteiger partial charge in [-0.05, 0) is 22.0 Å². The molecule has 2 rings (SSSR count). The molecule has 0 amide bonds. The van der Waals surface area contributed by atoms with Crippen LogP contribution < -0.4 is 5.73 Å². The number of fused-ring (bicyclic) bond motifs is 1. The molecule has 0 atom stereocenters. The predicted molar refractivity (Wildman–Crippen MR) is 50.6 cm³/mol. The largest absolute Gasteiger partial charge is 0.397 e. The van der Waals surface area contributed by atoms with Crippen LogP contribution in [0.1, 0.15) is 0 Å². The maximum Gasteiger partial charge on any atom is 0.179 e. The van der Waals surface area contributed by atoms with Crippen LogP contribution >= 0.6 is 15.9 Å². The number of imidazole rings is 1. The molecule has 0 radical (unpaired) electrons. The van der Waals surface area contributed by atoms with E-state index in [1.807, 2.05) is 11.6 Å². The van der Waals surface area contributed by atoms with Gasteiger partial charge >= 0.3 is 0 Å². The fourth-order valence-corrected chi connectivity index (χ4v) is 1.42. The third-order valence-electron chi connectivity index (χ3n) is 1.68. The molecule has 0 aliphatic heterocycles. The molecule has 0 spiro atoms. The first-order chi connectivity index (χ1) is 5.68. The monoisotopic (exact) mass is 226 g/mol. The number of aromatic nitrogens is 3. The molecule has 0 unspecified atom stereocenters. The summed E-state index contributed by atoms with van der Waals surface area (Å²) < 4.78 is 2.62. The molecule has 0 aromatic carbocycles. The van der Waals surface area contributed by atoms with Crippen molar-refractivity contribution in [3.05, 3.63) is 17.0 Å². The summed E-state index contributed by atoms with van der Waals surface area (Å²) in [5.74, 6) is 0. The Morgan fingerprint density at radius 3 is 3.08 bits per heavy atom. The molecule has 4 nitrogen and oxygen atoms in total. The minimum Gasteiger partial charge on any atom is -0.397 e. The number of aryl methyl sites for hydroxylation is 1. The summed E-state index contributed by atoms with van der Waals surface area (Å²) in [5.41, 5.74) is 7.83. The topological polar surface area (TPSA) is 56.7 Å². The lowest BCUT2D eigenvalue weighted by atomic mass is 10.4. The normalized spacial score (nSPS) is 10.8. The van der Waals surface area contributed by atoms with Gasteiger partial charge in [0, 0.05) is 7.05 Å².